The molecule has 2 heterocycles. The summed E-state index contributed by atoms with van der Waals surface area (Å²) >= 11 is 0. The van der Waals surface area contributed by atoms with E-state index in [4.69, 9.17) is 0 Å². The second-order valence-electron chi connectivity index (χ2n) is 8.37. The highest BCUT2D eigenvalue weighted by Crippen LogP contribution is 2.34. The van der Waals surface area contributed by atoms with Gasteiger partial charge in [0.1, 0.15) is 12.6 Å². The van der Waals surface area contributed by atoms with Crippen LogP contribution in [0.4, 0.5) is 23.7 Å². The van der Waals surface area contributed by atoms with E-state index >= 15 is 0 Å². The Labute approximate surface area is 194 Å². The first-order valence-corrected chi connectivity index (χ1v) is 11.1. The normalized spacial score (nSPS) is 20.8. The third-order valence-electron chi connectivity index (χ3n) is 6.12. The average molecular weight is 474 g/mol. The molecule has 0 radical (unpaired) electrons. The fourth-order valence-electron chi connectivity index (χ4n) is 4.48. The van der Waals surface area contributed by atoms with Crippen molar-refractivity contribution in [3.05, 3.63) is 65.7 Å². The van der Waals surface area contributed by atoms with Crippen LogP contribution < -0.4 is 10.6 Å². The molecule has 2 aromatic rings. The number of para-hydroxylation sites is 1. The molecule has 10 heteroatoms. The van der Waals surface area contributed by atoms with E-state index in [1.807, 2.05) is 30.3 Å². The van der Waals surface area contributed by atoms with Gasteiger partial charge in [-0.3, -0.25) is 14.5 Å². The van der Waals surface area contributed by atoms with E-state index in [9.17, 15) is 27.6 Å². The van der Waals surface area contributed by atoms with Crippen LogP contribution in [0.3, 0.4) is 0 Å². The number of amides is 4. The summed E-state index contributed by atoms with van der Waals surface area (Å²) in [5, 5.41) is 5.42. The largest absolute Gasteiger partial charge is 0.418 e. The molecule has 34 heavy (non-hydrogen) atoms. The van der Waals surface area contributed by atoms with E-state index in [-0.39, 0.29) is 18.1 Å². The zero-order valence-corrected chi connectivity index (χ0v) is 18.3. The molecule has 0 saturated carbocycles. The number of nitrogens with one attached hydrogen (secondary N) is 2. The maximum atomic E-state index is 13.3. The van der Waals surface area contributed by atoms with Gasteiger partial charge in [0.2, 0.25) is 11.8 Å². The topological polar surface area (TPSA) is 81.8 Å². The smallest absolute Gasteiger partial charge is 0.324 e. The maximum absolute atomic E-state index is 13.3. The number of carbonyl (C=O) groups is 3. The molecule has 0 bridgehead atoms. The molecular formula is C24H25F3N4O3. The fourth-order valence-corrected chi connectivity index (χ4v) is 4.48. The lowest BCUT2D eigenvalue weighted by Crippen LogP contribution is -2.70. The highest BCUT2D eigenvalue weighted by Gasteiger charge is 2.47. The molecule has 180 valence electrons. The van der Waals surface area contributed by atoms with Crippen molar-refractivity contribution >= 4 is 23.5 Å². The van der Waals surface area contributed by atoms with Gasteiger partial charge >= 0.3 is 12.2 Å². The van der Waals surface area contributed by atoms with Crippen molar-refractivity contribution in [2.24, 2.45) is 0 Å². The predicted octanol–water partition coefficient (Wildman–Crippen LogP) is 3.27. The summed E-state index contributed by atoms with van der Waals surface area (Å²) in [5.74, 6) is -1.10. The number of imide groups is 1. The Bertz CT molecular complexity index is 1060. The molecular weight excluding hydrogens is 449 g/mol. The van der Waals surface area contributed by atoms with Crippen LogP contribution in [-0.4, -0.2) is 59.4 Å². The van der Waals surface area contributed by atoms with Gasteiger partial charge in [-0.2, -0.15) is 13.2 Å². The summed E-state index contributed by atoms with van der Waals surface area (Å²) in [5.41, 5.74) is -0.389. The van der Waals surface area contributed by atoms with E-state index in [1.54, 1.807) is 0 Å². The highest BCUT2D eigenvalue weighted by molar-refractivity contribution is 6.03. The molecule has 0 spiro atoms. The average Bonchev–Trinajstić information content (AvgIpc) is 2.82. The Morgan fingerprint density at radius 1 is 1.06 bits per heavy atom. The van der Waals surface area contributed by atoms with Gasteiger partial charge in [0.25, 0.3) is 0 Å². The number of halogens is 3. The fraction of sp³-hybridized carbons (Fsp3) is 0.375. The minimum atomic E-state index is -4.64. The van der Waals surface area contributed by atoms with E-state index in [1.165, 1.54) is 23.1 Å². The van der Waals surface area contributed by atoms with E-state index in [0.717, 1.165) is 16.5 Å². The summed E-state index contributed by atoms with van der Waals surface area (Å²) in [7, 11) is 0. The third-order valence-corrected chi connectivity index (χ3v) is 6.12. The molecule has 2 fully saturated rings. The summed E-state index contributed by atoms with van der Waals surface area (Å²) < 4.78 is 39.9. The van der Waals surface area contributed by atoms with Crippen LogP contribution in [0.2, 0.25) is 0 Å². The van der Waals surface area contributed by atoms with E-state index in [0.29, 0.717) is 25.8 Å². The van der Waals surface area contributed by atoms with Crippen molar-refractivity contribution in [2.45, 2.75) is 37.5 Å². The van der Waals surface area contributed by atoms with Crippen molar-refractivity contribution < 1.29 is 27.6 Å². The number of piperidine rings is 1. The van der Waals surface area contributed by atoms with Crippen molar-refractivity contribution in [2.75, 3.05) is 25.0 Å². The standard InChI is InChI=1S/C24H25F3N4O3/c25-24(26,27)17-9-4-5-10-18(17)29-20(32)15-31-19-11-6-13-28-21(19)22(33)30(23(31)34)14-12-16-7-2-1-3-8-16/h1-5,7-10,19,21,28H,6,11-15H2,(H,29,32). The quantitative estimate of drug-likeness (QED) is 0.674. The molecule has 4 rings (SSSR count). The van der Waals surface area contributed by atoms with Gasteiger partial charge in [0.15, 0.2) is 0 Å². The summed E-state index contributed by atoms with van der Waals surface area (Å²) in [6, 6.07) is 12.3. The Morgan fingerprint density at radius 2 is 1.76 bits per heavy atom. The molecule has 2 aliphatic rings. The summed E-state index contributed by atoms with van der Waals surface area (Å²) in [6.45, 7) is 0.289. The minimum absolute atomic E-state index is 0.140. The molecule has 2 atom stereocenters. The molecule has 4 amide bonds. The van der Waals surface area contributed by atoms with Crippen molar-refractivity contribution in [1.82, 2.24) is 15.1 Å². The van der Waals surface area contributed by atoms with Gasteiger partial charge in [-0.05, 0) is 43.5 Å². The predicted molar refractivity (Wildman–Crippen MR) is 119 cm³/mol. The van der Waals surface area contributed by atoms with Crippen LogP contribution >= 0.6 is 0 Å². The third kappa shape index (κ3) is 5.06. The molecule has 2 N–H and O–H groups in total. The maximum Gasteiger partial charge on any atom is 0.418 e. The Hall–Kier alpha value is -3.40. The first-order chi connectivity index (χ1) is 16.3. The highest BCUT2D eigenvalue weighted by atomic mass is 19.4. The first kappa shape index (κ1) is 23.7. The molecule has 0 aliphatic carbocycles. The van der Waals surface area contributed by atoms with Crippen molar-refractivity contribution in [3.63, 3.8) is 0 Å². The zero-order chi connectivity index (χ0) is 24.3. The molecule has 2 aromatic carbocycles. The second-order valence-corrected chi connectivity index (χ2v) is 8.37. The molecule has 2 unspecified atom stereocenters. The molecule has 7 nitrogen and oxygen atoms in total. The summed E-state index contributed by atoms with van der Waals surface area (Å²) in [4.78, 5) is 41.5. The minimum Gasteiger partial charge on any atom is -0.324 e. The van der Waals surface area contributed by atoms with Gasteiger partial charge < -0.3 is 15.5 Å². The Morgan fingerprint density at radius 3 is 2.50 bits per heavy atom. The number of urea groups is 1. The number of hydrogen-bond acceptors (Lipinski definition) is 4. The lowest BCUT2D eigenvalue weighted by Gasteiger charge is -2.46. The first-order valence-electron chi connectivity index (χ1n) is 11.1. The summed E-state index contributed by atoms with van der Waals surface area (Å²) in [6.07, 6.45) is -2.95. The lowest BCUT2D eigenvalue weighted by atomic mass is 9.93. The van der Waals surface area contributed by atoms with Crippen LogP contribution in [0.25, 0.3) is 0 Å². The number of carbonyl (C=O) groups excluding carboxylic acids is 3. The number of benzene rings is 2. The molecule has 2 aliphatic heterocycles. The van der Waals surface area contributed by atoms with Crippen LogP contribution in [0.5, 0.6) is 0 Å². The molecule has 2 saturated heterocycles. The second kappa shape index (κ2) is 9.84. The van der Waals surface area contributed by atoms with Crippen LogP contribution in [0, 0.1) is 0 Å². The van der Waals surface area contributed by atoms with Crippen molar-refractivity contribution in [1.29, 1.82) is 0 Å². The monoisotopic (exact) mass is 474 g/mol. The Balaban J connectivity index is 1.51. The number of nitrogens with zero attached hydrogens (tertiary/aromatic N) is 2. The zero-order valence-electron chi connectivity index (χ0n) is 18.3. The van der Waals surface area contributed by atoms with Gasteiger partial charge in [0.05, 0.1) is 17.3 Å². The van der Waals surface area contributed by atoms with E-state index in [2.05, 4.69) is 10.6 Å². The number of rotatable bonds is 6. The lowest BCUT2D eigenvalue weighted by molar-refractivity contribution is -0.138. The van der Waals surface area contributed by atoms with Crippen molar-refractivity contribution in [3.8, 4) is 0 Å². The van der Waals surface area contributed by atoms with Gasteiger partial charge in [0, 0.05) is 6.54 Å². The number of alkyl halides is 3. The van der Waals surface area contributed by atoms with Gasteiger partial charge in [-0.15, -0.1) is 0 Å². The Kier molecular flexibility index (Phi) is 6.87. The van der Waals surface area contributed by atoms with Crippen LogP contribution in [0.15, 0.2) is 54.6 Å². The number of anilines is 1. The van der Waals surface area contributed by atoms with E-state index < -0.39 is 42.3 Å². The van der Waals surface area contributed by atoms with Crippen LogP contribution in [0.1, 0.15) is 24.0 Å². The van der Waals surface area contributed by atoms with Crippen LogP contribution in [-0.2, 0) is 22.2 Å². The van der Waals surface area contributed by atoms with Gasteiger partial charge in [-0.1, -0.05) is 42.5 Å². The van der Waals surface area contributed by atoms with Gasteiger partial charge in [-0.25, -0.2) is 4.79 Å². The SMILES string of the molecule is O=C(CN1C(=O)N(CCc2ccccc2)C(=O)C2NCCCC21)Nc1ccccc1C(F)(F)F. The number of fused-ring (bicyclic) bond motifs is 1. The number of hydrogen-bond donors (Lipinski definition) is 2. The molecule has 0 aromatic heterocycles.